The van der Waals surface area contributed by atoms with Gasteiger partial charge in [0.05, 0.1) is 22.9 Å². The van der Waals surface area contributed by atoms with E-state index < -0.39 is 0 Å². The van der Waals surface area contributed by atoms with Crippen LogP contribution < -0.4 is 5.73 Å². The van der Waals surface area contributed by atoms with Gasteiger partial charge < -0.3 is 10.5 Å². The third-order valence-corrected chi connectivity index (χ3v) is 3.54. The first-order valence-electron chi connectivity index (χ1n) is 6.65. The summed E-state index contributed by atoms with van der Waals surface area (Å²) in [7, 11) is 0. The van der Waals surface area contributed by atoms with Crippen LogP contribution in [-0.4, -0.2) is 32.7 Å². The van der Waals surface area contributed by atoms with E-state index in [4.69, 9.17) is 10.5 Å². The van der Waals surface area contributed by atoms with Crippen LogP contribution in [0.15, 0.2) is 6.20 Å². The Hall–Kier alpha value is -0.940. The van der Waals surface area contributed by atoms with Crippen molar-refractivity contribution in [1.82, 2.24) is 15.0 Å². The van der Waals surface area contributed by atoms with Gasteiger partial charge in [-0.05, 0) is 47.1 Å². The molecule has 1 fully saturated rings. The monoisotopic (exact) mass is 252 g/mol. The van der Waals surface area contributed by atoms with Crippen LogP contribution in [0.2, 0.25) is 0 Å². The lowest BCUT2D eigenvalue weighted by Crippen LogP contribution is -2.31. The number of aryl methyl sites for hydroxylation is 1. The Kier molecular flexibility index (Phi) is 3.47. The smallest absolute Gasteiger partial charge is 0.0858 e. The molecule has 1 atom stereocenters. The van der Waals surface area contributed by atoms with Gasteiger partial charge in [-0.15, -0.1) is 5.10 Å². The Morgan fingerprint density at radius 2 is 2.17 bits per heavy atom. The molecule has 2 heterocycles. The molecule has 2 N–H and O–H groups in total. The van der Waals surface area contributed by atoms with E-state index in [0.717, 1.165) is 25.0 Å². The average molecular weight is 252 g/mol. The molecule has 0 saturated carbocycles. The van der Waals surface area contributed by atoms with Crippen LogP contribution in [0.1, 0.15) is 52.3 Å². The van der Waals surface area contributed by atoms with Gasteiger partial charge in [-0.1, -0.05) is 5.21 Å². The largest absolute Gasteiger partial charge is 0.367 e. The maximum absolute atomic E-state index is 6.08. The van der Waals surface area contributed by atoms with Crippen molar-refractivity contribution in [1.29, 1.82) is 0 Å². The molecular formula is C13H24N4O. The lowest BCUT2D eigenvalue weighted by molar-refractivity contribution is -0.0738. The highest BCUT2D eigenvalue weighted by atomic mass is 16.5. The summed E-state index contributed by atoms with van der Waals surface area (Å²) < 4.78 is 8.04. The molecule has 0 aliphatic carbocycles. The Balaban J connectivity index is 2.14. The molecule has 18 heavy (non-hydrogen) atoms. The second-order valence-corrected chi connectivity index (χ2v) is 6.27. The van der Waals surface area contributed by atoms with E-state index in [0.29, 0.717) is 6.54 Å². The Morgan fingerprint density at radius 3 is 2.72 bits per heavy atom. The predicted molar refractivity (Wildman–Crippen MR) is 70.3 cm³/mol. The molecule has 0 bridgehead atoms. The molecule has 0 radical (unpaired) electrons. The molecular weight excluding hydrogens is 228 g/mol. The van der Waals surface area contributed by atoms with Crippen molar-refractivity contribution < 1.29 is 4.74 Å². The first kappa shape index (κ1) is 13.5. The maximum Gasteiger partial charge on any atom is 0.0858 e. The molecule has 5 nitrogen and oxygen atoms in total. The van der Waals surface area contributed by atoms with Crippen LogP contribution in [0.4, 0.5) is 0 Å². The van der Waals surface area contributed by atoms with E-state index in [-0.39, 0.29) is 17.2 Å². The summed E-state index contributed by atoms with van der Waals surface area (Å²) in [6.07, 6.45) is 4.84. The van der Waals surface area contributed by atoms with E-state index in [1.807, 2.05) is 10.9 Å². The van der Waals surface area contributed by atoms with E-state index in [1.54, 1.807) is 0 Å². The third-order valence-electron chi connectivity index (χ3n) is 3.54. The number of ether oxygens (including phenoxy) is 1. The average Bonchev–Trinajstić information content (AvgIpc) is 2.77. The van der Waals surface area contributed by atoms with Crippen LogP contribution in [0.3, 0.4) is 0 Å². The maximum atomic E-state index is 6.08. The van der Waals surface area contributed by atoms with Crippen LogP contribution >= 0.6 is 0 Å². The minimum Gasteiger partial charge on any atom is -0.367 e. The van der Waals surface area contributed by atoms with Gasteiger partial charge in [0.25, 0.3) is 0 Å². The highest BCUT2D eigenvalue weighted by molar-refractivity contribution is 5.01. The van der Waals surface area contributed by atoms with Crippen molar-refractivity contribution in [2.45, 2.75) is 64.2 Å². The fraction of sp³-hybridized carbons (Fsp3) is 0.846. The molecule has 0 spiro atoms. The highest BCUT2D eigenvalue weighted by Crippen LogP contribution is 2.44. The normalized spacial score (nSPS) is 25.5. The zero-order valence-corrected chi connectivity index (χ0v) is 11.8. The number of hydrogen-bond acceptors (Lipinski definition) is 4. The topological polar surface area (TPSA) is 66.0 Å². The van der Waals surface area contributed by atoms with Crippen molar-refractivity contribution in [3.8, 4) is 0 Å². The molecule has 102 valence electrons. The molecule has 1 unspecified atom stereocenters. The third kappa shape index (κ3) is 2.72. The fourth-order valence-electron chi connectivity index (χ4n) is 2.81. The molecule has 0 aromatic carbocycles. The van der Waals surface area contributed by atoms with Crippen molar-refractivity contribution >= 4 is 0 Å². The number of hydrogen-bond donors (Lipinski definition) is 1. The standard InChI is InChI=1S/C13H24N4O/c1-12(2)8-11(13(3,4)18-12)17-9-10(15-16-17)6-5-7-14/h9,11H,5-8,14H2,1-4H3. The van der Waals surface area contributed by atoms with Gasteiger partial charge in [0.2, 0.25) is 0 Å². The van der Waals surface area contributed by atoms with E-state index in [9.17, 15) is 0 Å². The van der Waals surface area contributed by atoms with Gasteiger partial charge in [-0.3, -0.25) is 0 Å². The van der Waals surface area contributed by atoms with Gasteiger partial charge >= 0.3 is 0 Å². The number of nitrogens with zero attached hydrogens (tertiary/aromatic N) is 3. The lowest BCUT2D eigenvalue weighted by atomic mass is 9.95. The molecule has 5 heteroatoms. The molecule has 2 rings (SSSR count). The second-order valence-electron chi connectivity index (χ2n) is 6.27. The Morgan fingerprint density at radius 1 is 1.44 bits per heavy atom. The molecule has 0 amide bonds. The van der Waals surface area contributed by atoms with Gasteiger partial charge in [0.1, 0.15) is 0 Å². The quantitative estimate of drug-likeness (QED) is 0.885. The predicted octanol–water partition coefficient (Wildman–Crippen LogP) is 1.69. The minimum absolute atomic E-state index is 0.0997. The van der Waals surface area contributed by atoms with Gasteiger partial charge in [-0.2, -0.15) is 0 Å². The first-order chi connectivity index (χ1) is 8.34. The number of rotatable bonds is 4. The SMILES string of the molecule is CC1(C)CC(n2cc(CCCN)nn2)C(C)(C)O1. The van der Waals surface area contributed by atoms with Crippen molar-refractivity contribution in [3.63, 3.8) is 0 Å². The van der Waals surface area contributed by atoms with Gasteiger partial charge in [0, 0.05) is 12.6 Å². The van der Waals surface area contributed by atoms with Crippen molar-refractivity contribution in [2.75, 3.05) is 6.54 Å². The molecule has 1 aliphatic rings. The van der Waals surface area contributed by atoms with E-state index in [1.165, 1.54) is 0 Å². The molecule has 1 aliphatic heterocycles. The summed E-state index contributed by atoms with van der Waals surface area (Å²) in [4.78, 5) is 0. The zero-order chi connectivity index (χ0) is 13.4. The lowest BCUT2D eigenvalue weighted by Gasteiger charge is -2.26. The summed E-state index contributed by atoms with van der Waals surface area (Å²) in [6.45, 7) is 9.18. The van der Waals surface area contributed by atoms with E-state index >= 15 is 0 Å². The molecule has 1 aromatic rings. The summed E-state index contributed by atoms with van der Waals surface area (Å²) in [6, 6.07) is 0.242. The molecule has 1 aromatic heterocycles. The fourth-order valence-corrected chi connectivity index (χ4v) is 2.81. The second kappa shape index (κ2) is 4.63. The van der Waals surface area contributed by atoms with E-state index in [2.05, 4.69) is 38.0 Å². The summed E-state index contributed by atoms with van der Waals surface area (Å²) in [5.41, 5.74) is 6.22. The minimum atomic E-state index is -0.206. The number of aromatic nitrogens is 3. The van der Waals surface area contributed by atoms with Crippen molar-refractivity contribution in [3.05, 3.63) is 11.9 Å². The number of nitrogens with two attached hydrogens (primary N) is 1. The van der Waals surface area contributed by atoms with Crippen LogP contribution in [0.25, 0.3) is 0 Å². The van der Waals surface area contributed by atoms with Crippen molar-refractivity contribution in [2.24, 2.45) is 5.73 Å². The van der Waals surface area contributed by atoms with Gasteiger partial charge in [-0.25, -0.2) is 4.68 Å². The summed E-state index contributed by atoms with van der Waals surface area (Å²) in [5.74, 6) is 0. The van der Waals surface area contributed by atoms with Crippen LogP contribution in [0, 0.1) is 0 Å². The van der Waals surface area contributed by atoms with Crippen LogP contribution in [-0.2, 0) is 11.2 Å². The van der Waals surface area contributed by atoms with Gasteiger partial charge in [0.15, 0.2) is 0 Å². The van der Waals surface area contributed by atoms with Crippen LogP contribution in [0.5, 0.6) is 0 Å². The zero-order valence-electron chi connectivity index (χ0n) is 11.8. The highest BCUT2D eigenvalue weighted by Gasteiger charge is 2.47. The Labute approximate surface area is 109 Å². The molecule has 1 saturated heterocycles. The first-order valence-corrected chi connectivity index (χ1v) is 6.65. The Bertz CT molecular complexity index is 411. The summed E-state index contributed by atoms with van der Waals surface area (Å²) >= 11 is 0. The summed E-state index contributed by atoms with van der Waals surface area (Å²) in [5, 5.41) is 8.47.